The molecule has 3 heterocycles. The van der Waals surface area contributed by atoms with Crippen LogP contribution in [0.5, 0.6) is 11.5 Å². The van der Waals surface area contributed by atoms with Gasteiger partial charge in [-0.15, -0.1) is 0 Å². The second-order valence-electron chi connectivity index (χ2n) is 7.42. The number of fused-ring (bicyclic) bond motifs is 1. The number of anilines is 1. The molecule has 27 heavy (non-hydrogen) atoms. The van der Waals surface area contributed by atoms with E-state index >= 15 is 0 Å². The number of nitrogens with zero attached hydrogens (tertiary/aromatic N) is 4. The van der Waals surface area contributed by atoms with Gasteiger partial charge in [-0.1, -0.05) is 6.92 Å². The minimum absolute atomic E-state index is 0.626. The standard InChI is InChI=1S/C21H30N4O2/c1-4-23-9-11-24(12-10-23)17-6-8-25(15-17)21-18-14-20(27-3)19(26-2)13-16(18)5-7-22-21/h5,7,13-14,17H,4,6,8-12,15H2,1-3H3. The maximum atomic E-state index is 5.51. The number of piperazine rings is 1. The molecule has 0 radical (unpaired) electrons. The van der Waals surface area contributed by atoms with Crippen LogP contribution in [-0.4, -0.2) is 80.9 Å². The average molecular weight is 370 g/mol. The molecule has 2 fully saturated rings. The van der Waals surface area contributed by atoms with Crippen molar-refractivity contribution in [2.24, 2.45) is 0 Å². The molecule has 0 bridgehead atoms. The molecule has 0 amide bonds. The predicted molar refractivity (Wildman–Crippen MR) is 109 cm³/mol. The van der Waals surface area contributed by atoms with E-state index in [2.05, 4.69) is 27.7 Å². The zero-order chi connectivity index (χ0) is 18.8. The number of rotatable bonds is 5. The number of hydrogen-bond acceptors (Lipinski definition) is 6. The number of ether oxygens (including phenoxy) is 2. The quantitative estimate of drug-likeness (QED) is 0.805. The van der Waals surface area contributed by atoms with Crippen molar-refractivity contribution < 1.29 is 9.47 Å². The SMILES string of the molecule is CCN1CCN(C2CCN(c3nccc4cc(OC)c(OC)cc34)C2)CC1. The Labute approximate surface area is 161 Å². The van der Waals surface area contributed by atoms with Gasteiger partial charge in [-0.25, -0.2) is 4.98 Å². The van der Waals surface area contributed by atoms with Gasteiger partial charge >= 0.3 is 0 Å². The Morgan fingerprint density at radius 1 is 1.04 bits per heavy atom. The molecule has 0 saturated carbocycles. The third-order valence-electron chi connectivity index (χ3n) is 6.08. The minimum atomic E-state index is 0.626. The van der Waals surface area contributed by atoms with Crippen LogP contribution in [0, 0.1) is 0 Å². The van der Waals surface area contributed by atoms with Gasteiger partial charge in [0.2, 0.25) is 0 Å². The molecule has 2 aromatic rings. The van der Waals surface area contributed by atoms with Crippen molar-refractivity contribution in [1.82, 2.24) is 14.8 Å². The Hall–Kier alpha value is -2.05. The molecule has 1 aromatic heterocycles. The first-order valence-corrected chi connectivity index (χ1v) is 9.95. The number of aromatic nitrogens is 1. The second-order valence-corrected chi connectivity index (χ2v) is 7.42. The molecule has 1 atom stereocenters. The van der Waals surface area contributed by atoms with Crippen LogP contribution in [0.2, 0.25) is 0 Å². The zero-order valence-corrected chi connectivity index (χ0v) is 16.6. The van der Waals surface area contributed by atoms with E-state index in [9.17, 15) is 0 Å². The van der Waals surface area contributed by atoms with E-state index in [-0.39, 0.29) is 0 Å². The van der Waals surface area contributed by atoms with E-state index in [0.717, 1.165) is 47.7 Å². The Kier molecular flexibility index (Phi) is 5.36. The minimum Gasteiger partial charge on any atom is -0.493 e. The Bertz CT molecular complexity index is 789. The third kappa shape index (κ3) is 3.56. The highest BCUT2D eigenvalue weighted by atomic mass is 16.5. The van der Waals surface area contributed by atoms with Gasteiger partial charge in [0, 0.05) is 56.9 Å². The summed E-state index contributed by atoms with van der Waals surface area (Å²) in [4.78, 5) is 12.4. The van der Waals surface area contributed by atoms with Gasteiger partial charge in [0.05, 0.1) is 14.2 Å². The fraction of sp³-hybridized carbons (Fsp3) is 0.571. The highest BCUT2D eigenvalue weighted by Crippen LogP contribution is 2.36. The first-order valence-electron chi connectivity index (χ1n) is 9.95. The zero-order valence-electron chi connectivity index (χ0n) is 16.6. The lowest BCUT2D eigenvalue weighted by Gasteiger charge is -2.37. The Morgan fingerprint density at radius 2 is 1.78 bits per heavy atom. The lowest BCUT2D eigenvalue weighted by atomic mass is 10.1. The summed E-state index contributed by atoms with van der Waals surface area (Å²) in [5.41, 5.74) is 0. The molecule has 1 aromatic carbocycles. The van der Waals surface area contributed by atoms with Gasteiger partial charge in [0.15, 0.2) is 11.5 Å². The molecule has 2 saturated heterocycles. The molecule has 6 nitrogen and oxygen atoms in total. The van der Waals surface area contributed by atoms with Crippen LogP contribution >= 0.6 is 0 Å². The maximum Gasteiger partial charge on any atom is 0.161 e. The molecule has 0 spiro atoms. The Morgan fingerprint density at radius 3 is 2.48 bits per heavy atom. The van der Waals surface area contributed by atoms with Crippen LogP contribution in [0.15, 0.2) is 24.4 Å². The molecular weight excluding hydrogens is 340 g/mol. The van der Waals surface area contributed by atoms with Crippen LogP contribution in [0.4, 0.5) is 5.82 Å². The van der Waals surface area contributed by atoms with Crippen LogP contribution in [0.25, 0.3) is 10.8 Å². The van der Waals surface area contributed by atoms with Gasteiger partial charge in [-0.05, 0) is 36.6 Å². The third-order valence-corrected chi connectivity index (χ3v) is 6.08. The van der Waals surface area contributed by atoms with Crippen LogP contribution < -0.4 is 14.4 Å². The topological polar surface area (TPSA) is 41.1 Å². The monoisotopic (exact) mass is 370 g/mol. The van der Waals surface area contributed by atoms with Crippen molar-refractivity contribution in [2.75, 3.05) is 64.9 Å². The van der Waals surface area contributed by atoms with Gasteiger partial charge in [0.25, 0.3) is 0 Å². The van der Waals surface area contributed by atoms with Crippen LogP contribution in [-0.2, 0) is 0 Å². The van der Waals surface area contributed by atoms with Crippen molar-refractivity contribution in [3.05, 3.63) is 24.4 Å². The molecular formula is C21H30N4O2. The van der Waals surface area contributed by atoms with Gasteiger partial charge in [0.1, 0.15) is 5.82 Å². The van der Waals surface area contributed by atoms with Crippen molar-refractivity contribution in [3.8, 4) is 11.5 Å². The van der Waals surface area contributed by atoms with E-state index in [0.29, 0.717) is 6.04 Å². The summed E-state index contributed by atoms with van der Waals surface area (Å²) >= 11 is 0. The van der Waals surface area contributed by atoms with Crippen molar-refractivity contribution in [3.63, 3.8) is 0 Å². The van der Waals surface area contributed by atoms with Crippen molar-refractivity contribution >= 4 is 16.6 Å². The number of pyridine rings is 1. The smallest absolute Gasteiger partial charge is 0.161 e. The molecule has 2 aliphatic rings. The van der Waals surface area contributed by atoms with Crippen LogP contribution in [0.3, 0.4) is 0 Å². The molecule has 0 aliphatic carbocycles. The fourth-order valence-corrected chi connectivity index (χ4v) is 4.41. The molecule has 2 aliphatic heterocycles. The molecule has 0 N–H and O–H groups in total. The average Bonchev–Trinajstić information content (AvgIpc) is 3.22. The highest BCUT2D eigenvalue weighted by Gasteiger charge is 2.31. The van der Waals surface area contributed by atoms with E-state index in [1.54, 1.807) is 14.2 Å². The summed E-state index contributed by atoms with van der Waals surface area (Å²) in [5, 5.41) is 2.27. The first kappa shape index (κ1) is 18.3. The van der Waals surface area contributed by atoms with E-state index in [4.69, 9.17) is 14.5 Å². The molecule has 146 valence electrons. The summed E-state index contributed by atoms with van der Waals surface area (Å²) in [6, 6.07) is 6.76. The summed E-state index contributed by atoms with van der Waals surface area (Å²) in [5.74, 6) is 2.57. The number of hydrogen-bond donors (Lipinski definition) is 0. The lowest BCUT2D eigenvalue weighted by molar-refractivity contribution is 0.107. The van der Waals surface area contributed by atoms with E-state index in [1.807, 2.05) is 18.3 Å². The summed E-state index contributed by atoms with van der Waals surface area (Å²) in [6.45, 7) is 10.3. The normalized spacial score (nSPS) is 21.7. The van der Waals surface area contributed by atoms with Crippen molar-refractivity contribution in [1.29, 1.82) is 0 Å². The molecule has 4 rings (SSSR count). The van der Waals surface area contributed by atoms with Gasteiger partial charge < -0.3 is 19.3 Å². The lowest BCUT2D eigenvalue weighted by Crippen LogP contribution is -2.50. The molecule has 1 unspecified atom stereocenters. The van der Waals surface area contributed by atoms with Gasteiger partial charge in [-0.3, -0.25) is 4.90 Å². The van der Waals surface area contributed by atoms with E-state index in [1.165, 1.54) is 32.6 Å². The highest BCUT2D eigenvalue weighted by molar-refractivity contribution is 5.94. The van der Waals surface area contributed by atoms with Crippen molar-refractivity contribution in [2.45, 2.75) is 19.4 Å². The maximum absolute atomic E-state index is 5.51. The van der Waals surface area contributed by atoms with Crippen LogP contribution in [0.1, 0.15) is 13.3 Å². The van der Waals surface area contributed by atoms with Gasteiger partial charge in [-0.2, -0.15) is 0 Å². The summed E-state index contributed by atoms with van der Waals surface area (Å²) < 4.78 is 11.0. The van der Waals surface area contributed by atoms with E-state index < -0.39 is 0 Å². The fourth-order valence-electron chi connectivity index (χ4n) is 4.41. The molecule has 6 heteroatoms. The summed E-state index contributed by atoms with van der Waals surface area (Å²) in [6.07, 6.45) is 3.11. The largest absolute Gasteiger partial charge is 0.493 e. The summed E-state index contributed by atoms with van der Waals surface area (Å²) in [7, 11) is 3.36. The Balaban J connectivity index is 1.55. The first-order chi connectivity index (χ1) is 13.2. The number of methoxy groups -OCH3 is 2. The number of likely N-dealkylation sites (N-methyl/N-ethyl adjacent to an activating group) is 1. The predicted octanol–water partition coefficient (Wildman–Crippen LogP) is 2.47. The number of benzene rings is 1. The second kappa shape index (κ2) is 7.90.